The van der Waals surface area contributed by atoms with Gasteiger partial charge in [0.05, 0.1) is 38.6 Å². The quantitative estimate of drug-likeness (QED) is 0.0199. The molecule has 3 fully saturated rings. The minimum Gasteiger partial charge on any atom is -0.394 e. The van der Waals surface area contributed by atoms with Crippen LogP contribution in [0.2, 0.25) is 0 Å². The smallest absolute Gasteiger partial charge is 0.220 e. The van der Waals surface area contributed by atoms with Crippen LogP contribution in [-0.4, -0.2) is 193 Å². The molecule has 12 N–H and O–H groups in total. The lowest BCUT2D eigenvalue weighted by atomic mass is 9.96. The van der Waals surface area contributed by atoms with Crippen molar-refractivity contribution in [3.63, 3.8) is 0 Å². The number of hydrogen-bond acceptors (Lipinski definition) is 18. The monoisotopic (exact) mass is 1300 g/mol. The fraction of sp³-hybridized carbons (Fsp3) is 0.958. The Labute approximate surface area is 550 Å². The van der Waals surface area contributed by atoms with Crippen molar-refractivity contribution < 1.29 is 89.4 Å². The Kier molecular flexibility index (Phi) is 50.2. The third kappa shape index (κ3) is 36.1. The first kappa shape index (κ1) is 83.8. The van der Waals surface area contributed by atoms with E-state index in [0.29, 0.717) is 12.8 Å². The number of ether oxygens (including phenoxy) is 6. The van der Waals surface area contributed by atoms with Gasteiger partial charge in [-0.15, -0.1) is 0 Å². The fourth-order valence-corrected chi connectivity index (χ4v) is 13.0. The fourth-order valence-electron chi connectivity index (χ4n) is 13.0. The molecule has 0 spiro atoms. The zero-order valence-corrected chi connectivity index (χ0v) is 57.1. The molecule has 1 amide bonds. The van der Waals surface area contributed by atoms with Crippen molar-refractivity contribution in [2.75, 3.05) is 26.4 Å². The van der Waals surface area contributed by atoms with Crippen LogP contribution in [0.4, 0.5) is 0 Å². The van der Waals surface area contributed by atoms with Gasteiger partial charge in [-0.1, -0.05) is 276 Å². The molecule has 0 aromatic carbocycles. The molecule has 0 saturated carbocycles. The number of unbranched alkanes of at least 4 members (excludes halogenated alkanes) is 41. The van der Waals surface area contributed by atoms with Gasteiger partial charge in [0.25, 0.3) is 0 Å². The van der Waals surface area contributed by atoms with E-state index < -0.39 is 124 Å². The van der Waals surface area contributed by atoms with E-state index in [1.807, 2.05) is 0 Å². The van der Waals surface area contributed by atoms with Gasteiger partial charge in [-0.2, -0.15) is 0 Å². The highest BCUT2D eigenvalue weighted by Crippen LogP contribution is 2.33. The molecule has 19 heteroatoms. The van der Waals surface area contributed by atoms with Crippen molar-refractivity contribution in [3.05, 3.63) is 12.2 Å². The number of carbonyl (C=O) groups is 1. The first-order valence-electron chi connectivity index (χ1n) is 37.4. The number of hydrogen-bond donors (Lipinski definition) is 12. The van der Waals surface area contributed by atoms with Crippen molar-refractivity contribution >= 4 is 5.91 Å². The van der Waals surface area contributed by atoms with Gasteiger partial charge < -0.3 is 89.9 Å². The molecule has 19 nitrogen and oxygen atoms in total. The zero-order chi connectivity index (χ0) is 66.1. The van der Waals surface area contributed by atoms with Gasteiger partial charge in [-0.05, 0) is 38.5 Å². The van der Waals surface area contributed by atoms with E-state index in [9.17, 15) is 61.0 Å². The third-order valence-electron chi connectivity index (χ3n) is 19.1. The Bertz CT molecular complexity index is 1700. The maximum atomic E-state index is 13.4. The number of rotatable bonds is 59. The van der Waals surface area contributed by atoms with E-state index in [2.05, 4.69) is 31.3 Å². The number of amides is 1. The first-order valence-corrected chi connectivity index (χ1v) is 37.4. The molecule has 3 aliphatic heterocycles. The van der Waals surface area contributed by atoms with Gasteiger partial charge in [-0.25, -0.2) is 0 Å². The summed E-state index contributed by atoms with van der Waals surface area (Å²) in [6, 6.07) is -0.888. The lowest BCUT2D eigenvalue weighted by Crippen LogP contribution is -2.66. The van der Waals surface area contributed by atoms with E-state index >= 15 is 0 Å². The molecule has 0 aromatic heterocycles. The largest absolute Gasteiger partial charge is 0.394 e. The zero-order valence-electron chi connectivity index (χ0n) is 57.1. The topological polar surface area (TPSA) is 307 Å². The summed E-state index contributed by atoms with van der Waals surface area (Å²) in [6.45, 7) is 1.83. The van der Waals surface area contributed by atoms with Crippen LogP contribution in [0, 0.1) is 0 Å². The standard InChI is InChI=1S/C72H137NO18/c1-3-5-7-9-11-13-15-17-19-21-22-23-24-25-26-27-28-29-30-31-32-34-35-37-39-41-43-45-47-49-56(77)55(73-60(78)50-48-46-44-42-40-38-36-33-20-18-16-14-12-10-8-6-4-2)54-86-70-66(84)63(81)68(58(52-75)88-70)91-72-67(85)64(82)69(59(53-76)89-72)90-71-65(83)62(80)61(79)57(51-74)87-71/h18,20,55-59,61-72,74-77,79-85H,3-17,19,21-54H2,1-2H3,(H,73,78)/b20-18-. The Morgan fingerprint density at radius 2 is 0.692 bits per heavy atom. The molecule has 538 valence electrons. The first-order chi connectivity index (χ1) is 44.3. The third-order valence-corrected chi connectivity index (χ3v) is 19.1. The minimum absolute atomic E-state index is 0.243. The molecule has 3 rings (SSSR count). The molecule has 3 saturated heterocycles. The van der Waals surface area contributed by atoms with E-state index in [1.165, 1.54) is 218 Å². The summed E-state index contributed by atoms with van der Waals surface area (Å²) in [4.78, 5) is 13.4. The maximum absolute atomic E-state index is 13.4. The number of nitrogens with one attached hydrogen (secondary N) is 1. The molecular formula is C72H137NO18. The van der Waals surface area contributed by atoms with Crippen molar-refractivity contribution in [1.29, 1.82) is 0 Å². The van der Waals surface area contributed by atoms with Gasteiger partial charge in [0.15, 0.2) is 18.9 Å². The van der Waals surface area contributed by atoms with Crippen molar-refractivity contribution in [2.24, 2.45) is 0 Å². The van der Waals surface area contributed by atoms with E-state index in [4.69, 9.17) is 28.4 Å². The lowest BCUT2D eigenvalue weighted by Gasteiger charge is -2.48. The highest BCUT2D eigenvalue weighted by atomic mass is 16.8. The Balaban J connectivity index is 1.38. The van der Waals surface area contributed by atoms with E-state index in [0.717, 1.165) is 57.8 Å². The number of allylic oxidation sites excluding steroid dienone is 2. The summed E-state index contributed by atoms with van der Waals surface area (Å²) < 4.78 is 34.5. The average molecular weight is 1300 g/mol. The predicted molar refractivity (Wildman–Crippen MR) is 356 cm³/mol. The van der Waals surface area contributed by atoms with Crippen LogP contribution in [0.3, 0.4) is 0 Å². The van der Waals surface area contributed by atoms with Crippen molar-refractivity contribution in [3.8, 4) is 0 Å². The minimum atomic E-state index is -1.97. The summed E-state index contributed by atoms with van der Waals surface area (Å²) in [5.74, 6) is -0.243. The van der Waals surface area contributed by atoms with Crippen LogP contribution >= 0.6 is 0 Å². The Hall–Kier alpha value is -1.47. The van der Waals surface area contributed by atoms with Crippen LogP contribution in [-0.2, 0) is 33.2 Å². The second kappa shape index (κ2) is 54.5. The second-order valence-electron chi connectivity index (χ2n) is 27.1. The van der Waals surface area contributed by atoms with Crippen LogP contribution in [0.5, 0.6) is 0 Å². The molecule has 0 bridgehead atoms. The average Bonchev–Trinajstić information content (AvgIpc) is 0.885. The molecular weight excluding hydrogens is 1170 g/mol. The molecule has 17 atom stereocenters. The highest BCUT2D eigenvalue weighted by Gasteiger charge is 2.53. The summed E-state index contributed by atoms with van der Waals surface area (Å²) in [6.07, 6.45) is 34.4. The van der Waals surface area contributed by atoms with E-state index in [-0.39, 0.29) is 18.9 Å². The lowest BCUT2D eigenvalue weighted by molar-refractivity contribution is -0.379. The SMILES string of the molecule is CCCCCCCC/C=C\CCCCCCCCCC(=O)NC(COC1OC(CO)C(OC2OC(CO)C(OC3OC(CO)C(O)C(O)C3O)C(O)C2O)C(O)C1O)C(O)CCCCCCCCCCCCCCCCCCCCCCCCCCCCCCC. The van der Waals surface area contributed by atoms with Crippen LogP contribution < -0.4 is 5.32 Å². The molecule has 3 aliphatic rings. The summed E-state index contributed by atoms with van der Waals surface area (Å²) in [5.41, 5.74) is 0. The summed E-state index contributed by atoms with van der Waals surface area (Å²) >= 11 is 0. The van der Waals surface area contributed by atoms with Crippen molar-refractivity contribution in [1.82, 2.24) is 5.32 Å². The van der Waals surface area contributed by atoms with Crippen molar-refractivity contribution in [2.45, 2.75) is 413 Å². The van der Waals surface area contributed by atoms with Crippen LogP contribution in [0.1, 0.15) is 309 Å². The van der Waals surface area contributed by atoms with Gasteiger partial charge in [0.1, 0.15) is 73.2 Å². The maximum Gasteiger partial charge on any atom is 0.220 e. The molecule has 0 aromatic rings. The molecule has 3 heterocycles. The molecule has 91 heavy (non-hydrogen) atoms. The number of aliphatic hydroxyl groups excluding tert-OH is 11. The van der Waals surface area contributed by atoms with Gasteiger partial charge >= 0.3 is 0 Å². The summed E-state index contributed by atoms with van der Waals surface area (Å²) in [5, 5.41) is 121. The molecule has 0 aliphatic carbocycles. The molecule has 0 radical (unpaired) electrons. The van der Waals surface area contributed by atoms with Gasteiger partial charge in [0.2, 0.25) is 5.91 Å². The summed E-state index contributed by atoms with van der Waals surface area (Å²) in [7, 11) is 0. The number of aliphatic hydroxyl groups is 11. The van der Waals surface area contributed by atoms with Gasteiger partial charge in [0, 0.05) is 6.42 Å². The molecule has 17 unspecified atom stereocenters. The van der Waals surface area contributed by atoms with Gasteiger partial charge in [-0.3, -0.25) is 4.79 Å². The van der Waals surface area contributed by atoms with Crippen LogP contribution in [0.25, 0.3) is 0 Å². The Morgan fingerprint density at radius 3 is 1.07 bits per heavy atom. The highest BCUT2D eigenvalue weighted by molar-refractivity contribution is 5.76. The predicted octanol–water partition coefficient (Wildman–Crippen LogP) is 10.8. The van der Waals surface area contributed by atoms with Crippen LogP contribution in [0.15, 0.2) is 12.2 Å². The van der Waals surface area contributed by atoms with E-state index in [1.54, 1.807) is 0 Å². The number of carbonyl (C=O) groups excluding carboxylic acids is 1. The second-order valence-corrected chi connectivity index (χ2v) is 27.1. The normalized spacial score (nSPS) is 27.9. The Morgan fingerprint density at radius 1 is 0.385 bits per heavy atom.